The molecule has 0 spiro atoms. The van der Waals surface area contributed by atoms with Crippen LogP contribution in [0.4, 0.5) is 13.2 Å². The number of halogens is 3. The predicted molar refractivity (Wildman–Crippen MR) is 66.2 cm³/mol. The van der Waals surface area contributed by atoms with Crippen LogP contribution >= 0.6 is 0 Å². The van der Waals surface area contributed by atoms with Gasteiger partial charge in [-0.05, 0) is 30.6 Å². The third-order valence-electron chi connectivity index (χ3n) is 2.71. The topological polar surface area (TPSA) is 29.3 Å². The first-order valence-electron chi connectivity index (χ1n) is 6.01. The van der Waals surface area contributed by atoms with Crippen molar-refractivity contribution in [1.29, 1.82) is 0 Å². The van der Waals surface area contributed by atoms with E-state index in [-0.39, 0.29) is 0 Å². The summed E-state index contributed by atoms with van der Waals surface area (Å²) in [6.07, 6.45) is -3.35. The SMILES string of the molecule is CCN(Cc1ccc(CCN)cc1)CC(F)(F)F. The molecule has 0 bridgehead atoms. The van der Waals surface area contributed by atoms with Gasteiger partial charge in [0.05, 0.1) is 6.54 Å². The number of rotatable bonds is 6. The van der Waals surface area contributed by atoms with Crippen LogP contribution in [-0.4, -0.2) is 30.7 Å². The number of hydrogen-bond donors (Lipinski definition) is 1. The summed E-state index contributed by atoms with van der Waals surface area (Å²) < 4.78 is 36.9. The lowest BCUT2D eigenvalue weighted by molar-refractivity contribution is -0.146. The normalized spacial score (nSPS) is 12.1. The van der Waals surface area contributed by atoms with Gasteiger partial charge >= 0.3 is 6.18 Å². The summed E-state index contributed by atoms with van der Waals surface area (Å²) in [5, 5.41) is 0. The van der Waals surface area contributed by atoms with Crippen LogP contribution in [0.15, 0.2) is 24.3 Å². The molecule has 0 unspecified atom stereocenters. The third kappa shape index (κ3) is 5.51. The van der Waals surface area contributed by atoms with E-state index in [1.807, 2.05) is 24.3 Å². The monoisotopic (exact) mass is 260 g/mol. The number of hydrogen-bond acceptors (Lipinski definition) is 2. The molecular weight excluding hydrogens is 241 g/mol. The second-order valence-corrected chi connectivity index (χ2v) is 4.27. The molecule has 0 heterocycles. The Morgan fingerprint density at radius 2 is 1.67 bits per heavy atom. The zero-order valence-electron chi connectivity index (χ0n) is 10.5. The van der Waals surface area contributed by atoms with E-state index < -0.39 is 12.7 Å². The molecule has 0 saturated heterocycles. The lowest BCUT2D eigenvalue weighted by Gasteiger charge is -2.22. The van der Waals surface area contributed by atoms with E-state index in [2.05, 4.69) is 0 Å². The Labute approximate surface area is 106 Å². The van der Waals surface area contributed by atoms with Gasteiger partial charge in [0.1, 0.15) is 0 Å². The van der Waals surface area contributed by atoms with Crippen molar-refractivity contribution >= 4 is 0 Å². The van der Waals surface area contributed by atoms with E-state index in [1.54, 1.807) is 6.92 Å². The Balaban J connectivity index is 2.59. The van der Waals surface area contributed by atoms with Crippen LogP contribution < -0.4 is 5.73 Å². The number of nitrogens with two attached hydrogens (primary N) is 1. The van der Waals surface area contributed by atoms with E-state index in [4.69, 9.17) is 5.73 Å². The van der Waals surface area contributed by atoms with Gasteiger partial charge in [0.15, 0.2) is 0 Å². The van der Waals surface area contributed by atoms with Crippen molar-refractivity contribution in [2.24, 2.45) is 5.73 Å². The van der Waals surface area contributed by atoms with Crippen LogP contribution in [0.5, 0.6) is 0 Å². The van der Waals surface area contributed by atoms with Gasteiger partial charge in [-0.2, -0.15) is 13.2 Å². The summed E-state index contributed by atoms with van der Waals surface area (Å²) >= 11 is 0. The van der Waals surface area contributed by atoms with E-state index in [0.717, 1.165) is 17.5 Å². The van der Waals surface area contributed by atoms with Gasteiger partial charge < -0.3 is 5.73 Å². The average molecular weight is 260 g/mol. The third-order valence-corrected chi connectivity index (χ3v) is 2.71. The van der Waals surface area contributed by atoms with Crippen LogP contribution in [0.25, 0.3) is 0 Å². The van der Waals surface area contributed by atoms with E-state index in [9.17, 15) is 13.2 Å². The molecule has 5 heteroatoms. The molecule has 0 aliphatic rings. The molecule has 18 heavy (non-hydrogen) atoms. The zero-order valence-corrected chi connectivity index (χ0v) is 10.5. The van der Waals surface area contributed by atoms with E-state index in [0.29, 0.717) is 19.6 Å². The van der Waals surface area contributed by atoms with Crippen LogP contribution in [0.2, 0.25) is 0 Å². The van der Waals surface area contributed by atoms with Crippen molar-refractivity contribution in [2.75, 3.05) is 19.6 Å². The van der Waals surface area contributed by atoms with Gasteiger partial charge in [-0.1, -0.05) is 31.2 Å². The molecule has 0 fully saturated rings. The quantitative estimate of drug-likeness (QED) is 0.851. The highest BCUT2D eigenvalue weighted by molar-refractivity contribution is 5.22. The average Bonchev–Trinajstić information content (AvgIpc) is 2.29. The van der Waals surface area contributed by atoms with E-state index in [1.165, 1.54) is 4.90 Å². The zero-order chi connectivity index (χ0) is 13.6. The highest BCUT2D eigenvalue weighted by Gasteiger charge is 2.29. The Morgan fingerprint density at radius 1 is 1.11 bits per heavy atom. The summed E-state index contributed by atoms with van der Waals surface area (Å²) in [5.74, 6) is 0. The molecular formula is C13H19F3N2. The van der Waals surface area contributed by atoms with Crippen molar-refractivity contribution in [3.05, 3.63) is 35.4 Å². The van der Waals surface area contributed by atoms with Gasteiger partial charge in [-0.15, -0.1) is 0 Å². The van der Waals surface area contributed by atoms with Crippen LogP contribution in [0.1, 0.15) is 18.1 Å². The number of alkyl halides is 3. The maximum atomic E-state index is 12.3. The first kappa shape index (κ1) is 15.0. The summed E-state index contributed by atoms with van der Waals surface area (Å²) in [5.41, 5.74) is 7.44. The molecule has 2 N–H and O–H groups in total. The minimum absolute atomic E-state index is 0.318. The van der Waals surface area contributed by atoms with Gasteiger partial charge in [-0.25, -0.2) is 0 Å². The minimum Gasteiger partial charge on any atom is -0.330 e. The molecule has 1 aromatic rings. The van der Waals surface area contributed by atoms with E-state index >= 15 is 0 Å². The van der Waals surface area contributed by atoms with Crippen LogP contribution in [-0.2, 0) is 13.0 Å². The van der Waals surface area contributed by atoms with Gasteiger partial charge in [-0.3, -0.25) is 4.90 Å². The van der Waals surface area contributed by atoms with Crippen molar-refractivity contribution in [3.8, 4) is 0 Å². The molecule has 0 aromatic heterocycles. The molecule has 0 atom stereocenters. The maximum Gasteiger partial charge on any atom is 0.401 e. The van der Waals surface area contributed by atoms with Gasteiger partial charge in [0, 0.05) is 6.54 Å². The van der Waals surface area contributed by atoms with Crippen LogP contribution in [0, 0.1) is 0 Å². The smallest absolute Gasteiger partial charge is 0.330 e. The molecule has 0 saturated carbocycles. The number of benzene rings is 1. The fourth-order valence-corrected chi connectivity index (χ4v) is 1.77. The first-order valence-corrected chi connectivity index (χ1v) is 6.01. The molecule has 0 radical (unpaired) electrons. The van der Waals surface area contributed by atoms with Gasteiger partial charge in [0.2, 0.25) is 0 Å². The molecule has 2 nitrogen and oxygen atoms in total. The predicted octanol–water partition coefficient (Wildman–Crippen LogP) is 2.57. The Morgan fingerprint density at radius 3 is 2.11 bits per heavy atom. The maximum absolute atomic E-state index is 12.3. The first-order chi connectivity index (χ1) is 8.44. The molecule has 0 aliphatic heterocycles. The fourth-order valence-electron chi connectivity index (χ4n) is 1.77. The molecule has 0 aliphatic carbocycles. The van der Waals surface area contributed by atoms with Crippen molar-refractivity contribution < 1.29 is 13.2 Å². The Kier molecular flexibility index (Phi) is 5.62. The highest BCUT2D eigenvalue weighted by Crippen LogP contribution is 2.18. The lowest BCUT2D eigenvalue weighted by Crippen LogP contribution is -2.33. The highest BCUT2D eigenvalue weighted by atomic mass is 19.4. The van der Waals surface area contributed by atoms with Crippen molar-refractivity contribution in [2.45, 2.75) is 26.1 Å². The molecule has 0 amide bonds. The van der Waals surface area contributed by atoms with Crippen LogP contribution in [0.3, 0.4) is 0 Å². The lowest BCUT2D eigenvalue weighted by atomic mass is 10.1. The van der Waals surface area contributed by atoms with Gasteiger partial charge in [0.25, 0.3) is 0 Å². The minimum atomic E-state index is -4.14. The summed E-state index contributed by atoms with van der Waals surface area (Å²) in [6, 6.07) is 7.57. The fraction of sp³-hybridized carbons (Fsp3) is 0.538. The molecule has 1 rings (SSSR count). The second-order valence-electron chi connectivity index (χ2n) is 4.27. The summed E-state index contributed by atoms with van der Waals surface area (Å²) in [6.45, 7) is 2.14. The number of nitrogens with zero attached hydrogens (tertiary/aromatic N) is 1. The Hall–Kier alpha value is -1.07. The Bertz CT molecular complexity index is 346. The van der Waals surface area contributed by atoms with Crippen molar-refractivity contribution in [3.63, 3.8) is 0 Å². The second kappa shape index (κ2) is 6.75. The molecule has 1 aromatic carbocycles. The summed E-state index contributed by atoms with van der Waals surface area (Å²) in [4.78, 5) is 1.37. The largest absolute Gasteiger partial charge is 0.401 e. The molecule has 102 valence electrons. The standard InChI is InChI=1S/C13H19F3N2/c1-2-18(10-13(14,15)16)9-12-5-3-11(4-6-12)7-8-17/h3-6H,2,7-10,17H2,1H3. The van der Waals surface area contributed by atoms with Crippen molar-refractivity contribution in [1.82, 2.24) is 4.90 Å². The summed E-state index contributed by atoms with van der Waals surface area (Å²) in [7, 11) is 0.